The van der Waals surface area contributed by atoms with E-state index in [2.05, 4.69) is 20.4 Å². The van der Waals surface area contributed by atoms with Crippen molar-refractivity contribution < 1.29 is 9.32 Å². The van der Waals surface area contributed by atoms with Crippen molar-refractivity contribution in [2.75, 3.05) is 7.05 Å². The number of aromatic nitrogens is 3. The molecule has 0 aliphatic carbocycles. The van der Waals surface area contributed by atoms with Gasteiger partial charge in [0.05, 0.1) is 0 Å². The molecule has 1 amide bonds. The van der Waals surface area contributed by atoms with Crippen molar-refractivity contribution in [3.05, 3.63) is 54.2 Å². The molecular formula is C16H14N4O2. The Kier molecular flexibility index (Phi) is 3.65. The maximum absolute atomic E-state index is 11.6. The quantitative estimate of drug-likeness (QED) is 0.802. The highest BCUT2D eigenvalue weighted by atomic mass is 16.5. The number of rotatable bonds is 3. The molecule has 2 aromatic heterocycles. The maximum Gasteiger partial charge on any atom is 0.269 e. The molecule has 3 rings (SSSR count). The summed E-state index contributed by atoms with van der Waals surface area (Å²) in [6.07, 6.45) is 1.62. The average molecular weight is 294 g/mol. The van der Waals surface area contributed by atoms with E-state index in [0.29, 0.717) is 17.4 Å². The number of carbonyl (C=O) groups is 1. The summed E-state index contributed by atoms with van der Waals surface area (Å²) in [6.45, 7) is 1.75. The molecule has 0 saturated carbocycles. The van der Waals surface area contributed by atoms with Crippen molar-refractivity contribution in [1.82, 2.24) is 20.4 Å². The van der Waals surface area contributed by atoms with E-state index >= 15 is 0 Å². The van der Waals surface area contributed by atoms with Crippen molar-refractivity contribution in [2.45, 2.75) is 6.92 Å². The third kappa shape index (κ3) is 2.71. The van der Waals surface area contributed by atoms with Crippen LogP contribution in [0.3, 0.4) is 0 Å². The first-order chi connectivity index (χ1) is 10.7. The summed E-state index contributed by atoms with van der Waals surface area (Å²) in [6, 6.07) is 11.3. The van der Waals surface area contributed by atoms with E-state index < -0.39 is 0 Å². The van der Waals surface area contributed by atoms with Gasteiger partial charge in [-0.05, 0) is 23.3 Å². The van der Waals surface area contributed by atoms with Gasteiger partial charge in [-0.25, -0.2) is 0 Å². The molecule has 0 spiro atoms. The molecule has 0 bridgehead atoms. The molecule has 0 aliphatic heterocycles. The Morgan fingerprint density at radius 2 is 1.82 bits per heavy atom. The number of carbonyl (C=O) groups excluding carboxylic acids is 1. The Morgan fingerprint density at radius 1 is 1.09 bits per heavy atom. The fraction of sp³-hybridized carbons (Fsp3) is 0.125. The van der Waals surface area contributed by atoms with Gasteiger partial charge in [0.25, 0.3) is 5.91 Å². The summed E-state index contributed by atoms with van der Waals surface area (Å²) in [4.78, 5) is 19.9. The van der Waals surface area contributed by atoms with Gasteiger partial charge in [-0.3, -0.25) is 9.78 Å². The van der Waals surface area contributed by atoms with E-state index in [-0.39, 0.29) is 5.91 Å². The Hall–Kier alpha value is -3.02. The molecule has 0 fully saturated rings. The van der Waals surface area contributed by atoms with Gasteiger partial charge in [-0.1, -0.05) is 29.4 Å². The van der Waals surface area contributed by atoms with E-state index in [1.165, 1.54) is 0 Å². The zero-order valence-electron chi connectivity index (χ0n) is 12.2. The molecule has 2 heterocycles. The molecule has 0 aliphatic rings. The predicted molar refractivity (Wildman–Crippen MR) is 81.1 cm³/mol. The maximum atomic E-state index is 11.6. The second-order valence-corrected chi connectivity index (χ2v) is 4.72. The van der Waals surface area contributed by atoms with Crippen molar-refractivity contribution in [3.8, 4) is 22.5 Å². The molecule has 6 heteroatoms. The van der Waals surface area contributed by atoms with Crippen LogP contribution in [0.15, 0.2) is 47.1 Å². The molecule has 22 heavy (non-hydrogen) atoms. The van der Waals surface area contributed by atoms with Crippen molar-refractivity contribution >= 4 is 5.91 Å². The normalized spacial score (nSPS) is 10.5. The summed E-state index contributed by atoms with van der Waals surface area (Å²) < 4.78 is 4.97. The Balaban J connectivity index is 1.91. The van der Waals surface area contributed by atoms with E-state index in [1.54, 1.807) is 26.2 Å². The smallest absolute Gasteiger partial charge is 0.269 e. The molecule has 0 unspecified atom stereocenters. The largest absolute Gasteiger partial charge is 0.354 e. The standard InChI is InChI=1S/C16H14N4O2/c1-10-19-15(20-22-10)12-5-3-11(4-6-12)13-7-8-18-14(9-13)16(21)17-2/h3-9H,1-2H3,(H,17,21). The van der Waals surface area contributed by atoms with Crippen LogP contribution in [0.4, 0.5) is 0 Å². The van der Waals surface area contributed by atoms with Crippen LogP contribution in [0.5, 0.6) is 0 Å². The summed E-state index contributed by atoms with van der Waals surface area (Å²) in [5, 5.41) is 6.45. The number of pyridine rings is 1. The van der Waals surface area contributed by atoms with Gasteiger partial charge in [0, 0.05) is 25.7 Å². The number of hydrogen-bond donors (Lipinski definition) is 1. The highest BCUT2D eigenvalue weighted by molar-refractivity contribution is 5.93. The van der Waals surface area contributed by atoms with Gasteiger partial charge in [0.1, 0.15) is 5.69 Å². The summed E-state index contributed by atoms with van der Waals surface area (Å²) in [5.74, 6) is 0.883. The van der Waals surface area contributed by atoms with Crippen molar-refractivity contribution in [3.63, 3.8) is 0 Å². The topological polar surface area (TPSA) is 80.9 Å². The summed E-state index contributed by atoms with van der Waals surface area (Å²) >= 11 is 0. The fourth-order valence-electron chi connectivity index (χ4n) is 2.09. The van der Waals surface area contributed by atoms with Crippen molar-refractivity contribution in [2.24, 2.45) is 0 Å². The number of hydrogen-bond acceptors (Lipinski definition) is 5. The minimum absolute atomic E-state index is 0.208. The zero-order valence-corrected chi connectivity index (χ0v) is 12.2. The molecule has 0 radical (unpaired) electrons. The minimum Gasteiger partial charge on any atom is -0.354 e. The first-order valence-corrected chi connectivity index (χ1v) is 6.76. The van der Waals surface area contributed by atoms with Crippen LogP contribution in [0.1, 0.15) is 16.4 Å². The molecule has 0 atom stereocenters. The first-order valence-electron chi connectivity index (χ1n) is 6.76. The number of nitrogens with zero attached hydrogens (tertiary/aromatic N) is 3. The fourth-order valence-corrected chi connectivity index (χ4v) is 2.09. The van der Waals surface area contributed by atoms with Crippen LogP contribution >= 0.6 is 0 Å². The Morgan fingerprint density at radius 3 is 2.45 bits per heavy atom. The number of aryl methyl sites for hydroxylation is 1. The number of benzene rings is 1. The lowest BCUT2D eigenvalue weighted by molar-refractivity contribution is 0.0958. The van der Waals surface area contributed by atoms with Crippen LogP contribution in [0.25, 0.3) is 22.5 Å². The molecular weight excluding hydrogens is 280 g/mol. The highest BCUT2D eigenvalue weighted by Crippen LogP contribution is 2.23. The zero-order chi connectivity index (χ0) is 15.5. The lowest BCUT2D eigenvalue weighted by atomic mass is 10.0. The highest BCUT2D eigenvalue weighted by Gasteiger charge is 2.08. The summed E-state index contributed by atoms with van der Waals surface area (Å²) in [5.41, 5.74) is 3.17. The molecule has 1 N–H and O–H groups in total. The van der Waals surface area contributed by atoms with Crippen molar-refractivity contribution in [1.29, 1.82) is 0 Å². The minimum atomic E-state index is -0.208. The Bertz CT molecular complexity index is 809. The van der Waals surface area contributed by atoms with E-state index in [4.69, 9.17) is 4.52 Å². The lowest BCUT2D eigenvalue weighted by Gasteiger charge is -2.04. The van der Waals surface area contributed by atoms with Crippen LogP contribution in [0.2, 0.25) is 0 Å². The van der Waals surface area contributed by atoms with Crippen LogP contribution in [-0.2, 0) is 0 Å². The lowest BCUT2D eigenvalue weighted by Crippen LogP contribution is -2.19. The number of amides is 1. The van der Waals surface area contributed by atoms with E-state index in [1.807, 2.05) is 30.3 Å². The van der Waals surface area contributed by atoms with Gasteiger partial charge in [-0.15, -0.1) is 0 Å². The van der Waals surface area contributed by atoms with Gasteiger partial charge >= 0.3 is 0 Å². The second kappa shape index (κ2) is 5.77. The van der Waals surface area contributed by atoms with Crippen LogP contribution < -0.4 is 5.32 Å². The van der Waals surface area contributed by atoms with Crippen LogP contribution in [-0.4, -0.2) is 28.1 Å². The predicted octanol–water partition coefficient (Wildman–Crippen LogP) is 2.47. The van der Waals surface area contributed by atoms with E-state index in [0.717, 1.165) is 16.7 Å². The van der Waals surface area contributed by atoms with Crippen LogP contribution in [0, 0.1) is 6.92 Å². The average Bonchev–Trinajstić information content (AvgIpc) is 3.01. The van der Waals surface area contributed by atoms with E-state index in [9.17, 15) is 4.79 Å². The monoisotopic (exact) mass is 294 g/mol. The molecule has 3 aromatic rings. The first kappa shape index (κ1) is 13.9. The van der Waals surface area contributed by atoms with Gasteiger partial charge in [-0.2, -0.15) is 4.98 Å². The SMILES string of the molecule is CNC(=O)c1cc(-c2ccc(-c3noc(C)n3)cc2)ccn1. The second-order valence-electron chi connectivity index (χ2n) is 4.72. The van der Waals surface area contributed by atoms with Gasteiger partial charge in [0.15, 0.2) is 0 Å². The summed E-state index contributed by atoms with van der Waals surface area (Å²) in [7, 11) is 1.58. The molecule has 110 valence electrons. The van der Waals surface area contributed by atoms with Gasteiger partial charge < -0.3 is 9.84 Å². The molecule has 6 nitrogen and oxygen atoms in total. The molecule has 0 saturated heterocycles. The molecule has 1 aromatic carbocycles. The third-order valence-corrected chi connectivity index (χ3v) is 3.22. The Labute approximate surface area is 127 Å². The third-order valence-electron chi connectivity index (χ3n) is 3.22. The number of nitrogens with one attached hydrogen (secondary N) is 1. The van der Waals surface area contributed by atoms with Gasteiger partial charge in [0.2, 0.25) is 11.7 Å².